The summed E-state index contributed by atoms with van der Waals surface area (Å²) in [5.74, 6) is -0.798. The molecule has 3 heterocycles. The summed E-state index contributed by atoms with van der Waals surface area (Å²) >= 11 is 5.89. The van der Waals surface area contributed by atoms with Crippen molar-refractivity contribution in [2.75, 3.05) is 18.5 Å². The standard InChI is InChI=1S/C24H22ClN5O3/c1-12-7-15(13(2)27-16-3-4-19(25)29-21(16)23(31)32)20-17(8-12)28-18(10-26)22(30-20)24-5-6-33-11-14(24)9-24/h3-4,7-8,13-14,27H,5-6,9,11H2,1-2H3,(H,31,32)/t13-,14-,24+/m1/s1. The first kappa shape index (κ1) is 21.6. The van der Waals surface area contributed by atoms with Gasteiger partial charge in [-0.25, -0.2) is 19.7 Å². The summed E-state index contributed by atoms with van der Waals surface area (Å²) in [7, 11) is 0. The number of pyridine rings is 1. The van der Waals surface area contributed by atoms with Gasteiger partial charge in [-0.05, 0) is 56.4 Å². The Morgan fingerprint density at radius 3 is 2.91 bits per heavy atom. The van der Waals surface area contributed by atoms with Crippen molar-refractivity contribution < 1.29 is 14.6 Å². The van der Waals surface area contributed by atoms with Crippen LogP contribution in [0.15, 0.2) is 24.3 Å². The molecule has 5 rings (SSSR count). The van der Waals surface area contributed by atoms with E-state index in [9.17, 15) is 15.2 Å². The topological polar surface area (TPSA) is 121 Å². The number of rotatable bonds is 5. The highest BCUT2D eigenvalue weighted by Crippen LogP contribution is 2.59. The minimum atomic E-state index is -1.17. The molecule has 168 valence electrons. The first-order valence-corrected chi connectivity index (χ1v) is 11.2. The van der Waals surface area contributed by atoms with Gasteiger partial charge in [0.2, 0.25) is 0 Å². The smallest absolute Gasteiger partial charge is 0.356 e. The summed E-state index contributed by atoms with van der Waals surface area (Å²) < 4.78 is 5.61. The fraction of sp³-hybridized carbons (Fsp3) is 0.375. The highest BCUT2D eigenvalue weighted by atomic mass is 35.5. The maximum atomic E-state index is 11.7. The monoisotopic (exact) mass is 463 g/mol. The molecule has 9 heteroatoms. The Labute approximate surface area is 195 Å². The average molecular weight is 464 g/mol. The summed E-state index contributed by atoms with van der Waals surface area (Å²) in [6.07, 6.45) is 1.79. The van der Waals surface area contributed by atoms with Gasteiger partial charge in [0, 0.05) is 17.6 Å². The van der Waals surface area contributed by atoms with E-state index >= 15 is 0 Å². The average Bonchev–Trinajstić information content (AvgIpc) is 3.54. The second kappa shape index (κ2) is 7.94. The number of aromatic nitrogens is 3. The Morgan fingerprint density at radius 1 is 1.36 bits per heavy atom. The molecule has 2 N–H and O–H groups in total. The van der Waals surface area contributed by atoms with E-state index in [1.54, 1.807) is 12.1 Å². The van der Waals surface area contributed by atoms with Crippen molar-refractivity contribution in [2.45, 2.75) is 38.1 Å². The number of hydrogen-bond acceptors (Lipinski definition) is 7. The maximum absolute atomic E-state index is 11.7. The predicted octanol–water partition coefficient (Wildman–Crippen LogP) is 4.41. The van der Waals surface area contributed by atoms with E-state index in [1.807, 2.05) is 26.0 Å². The lowest BCUT2D eigenvalue weighted by molar-refractivity contribution is 0.0691. The van der Waals surface area contributed by atoms with Crippen LogP contribution in [-0.4, -0.2) is 39.2 Å². The number of benzene rings is 1. The van der Waals surface area contributed by atoms with Crippen LogP contribution in [0.4, 0.5) is 5.69 Å². The van der Waals surface area contributed by atoms with E-state index in [-0.39, 0.29) is 22.3 Å². The first-order valence-electron chi connectivity index (χ1n) is 10.8. The number of nitriles is 1. The number of carboxylic acid groups (broad SMARTS) is 1. The van der Waals surface area contributed by atoms with Crippen LogP contribution in [0.25, 0.3) is 11.0 Å². The van der Waals surface area contributed by atoms with E-state index < -0.39 is 5.97 Å². The Morgan fingerprint density at radius 2 is 2.18 bits per heavy atom. The molecule has 2 aromatic heterocycles. The van der Waals surface area contributed by atoms with Gasteiger partial charge in [0.25, 0.3) is 0 Å². The summed E-state index contributed by atoms with van der Waals surface area (Å²) in [6.45, 7) is 5.23. The molecule has 0 amide bonds. The van der Waals surface area contributed by atoms with Crippen LogP contribution in [-0.2, 0) is 10.2 Å². The number of nitrogens with zero attached hydrogens (tertiary/aromatic N) is 4. The number of halogens is 1. The van der Waals surface area contributed by atoms with Gasteiger partial charge in [0.1, 0.15) is 11.2 Å². The van der Waals surface area contributed by atoms with E-state index in [0.717, 1.165) is 29.7 Å². The largest absolute Gasteiger partial charge is 0.476 e. The van der Waals surface area contributed by atoms with Gasteiger partial charge in [0.05, 0.1) is 35.1 Å². The number of hydrogen-bond donors (Lipinski definition) is 2. The molecule has 0 radical (unpaired) electrons. The fourth-order valence-corrected chi connectivity index (χ4v) is 5.05. The van der Waals surface area contributed by atoms with Crippen LogP contribution in [0, 0.1) is 24.2 Å². The number of aryl methyl sites for hydroxylation is 1. The van der Waals surface area contributed by atoms with Gasteiger partial charge in [0.15, 0.2) is 11.4 Å². The normalized spacial score (nSPS) is 22.3. The Kier molecular flexibility index (Phi) is 5.19. The second-order valence-corrected chi connectivity index (χ2v) is 9.23. The molecule has 0 unspecified atom stereocenters. The van der Waals surface area contributed by atoms with Gasteiger partial charge in [-0.3, -0.25) is 0 Å². The molecule has 2 fully saturated rings. The number of nitrogens with one attached hydrogen (secondary N) is 1. The van der Waals surface area contributed by atoms with Gasteiger partial charge < -0.3 is 15.2 Å². The van der Waals surface area contributed by atoms with Crippen molar-refractivity contribution in [3.8, 4) is 6.07 Å². The van der Waals surface area contributed by atoms with E-state index in [2.05, 4.69) is 16.4 Å². The molecule has 0 spiro atoms. The molecule has 33 heavy (non-hydrogen) atoms. The number of anilines is 1. The Bertz CT molecular complexity index is 1340. The molecule has 1 saturated carbocycles. The highest BCUT2D eigenvalue weighted by Gasteiger charge is 2.59. The van der Waals surface area contributed by atoms with Crippen molar-refractivity contribution >= 4 is 34.3 Å². The van der Waals surface area contributed by atoms with E-state index in [0.29, 0.717) is 41.5 Å². The molecular weight excluding hydrogens is 442 g/mol. The summed E-state index contributed by atoms with van der Waals surface area (Å²) in [5, 5.41) is 22.7. The molecular formula is C24H22ClN5O3. The van der Waals surface area contributed by atoms with Crippen molar-refractivity contribution in [2.24, 2.45) is 5.92 Å². The molecule has 8 nitrogen and oxygen atoms in total. The Balaban J connectivity index is 1.61. The number of aromatic carboxylic acids is 1. The third kappa shape index (κ3) is 3.67. The fourth-order valence-electron chi connectivity index (χ4n) is 4.91. The maximum Gasteiger partial charge on any atom is 0.356 e. The molecule has 2 aliphatic rings. The second-order valence-electron chi connectivity index (χ2n) is 8.84. The van der Waals surface area contributed by atoms with Gasteiger partial charge in [-0.2, -0.15) is 5.26 Å². The molecule has 0 bridgehead atoms. The highest BCUT2D eigenvalue weighted by molar-refractivity contribution is 6.29. The predicted molar refractivity (Wildman–Crippen MR) is 122 cm³/mol. The quantitative estimate of drug-likeness (QED) is 0.534. The van der Waals surface area contributed by atoms with Crippen LogP contribution in [0.3, 0.4) is 0 Å². The van der Waals surface area contributed by atoms with E-state index in [4.69, 9.17) is 26.3 Å². The molecule has 1 saturated heterocycles. The van der Waals surface area contributed by atoms with Gasteiger partial charge >= 0.3 is 5.97 Å². The van der Waals surface area contributed by atoms with Gasteiger partial charge in [-0.1, -0.05) is 17.7 Å². The number of fused-ring (bicyclic) bond motifs is 2. The zero-order valence-electron chi connectivity index (χ0n) is 18.2. The first-order chi connectivity index (χ1) is 15.8. The van der Waals surface area contributed by atoms with Crippen molar-refractivity contribution in [3.63, 3.8) is 0 Å². The lowest BCUT2D eigenvalue weighted by Gasteiger charge is -2.24. The van der Waals surface area contributed by atoms with Crippen LogP contribution in [0.2, 0.25) is 5.15 Å². The lowest BCUT2D eigenvalue weighted by atomic mass is 9.91. The number of ether oxygens (including phenoxy) is 1. The summed E-state index contributed by atoms with van der Waals surface area (Å²) in [4.78, 5) is 25.3. The lowest BCUT2D eigenvalue weighted by Crippen LogP contribution is -2.24. The molecule has 1 aromatic carbocycles. The minimum absolute atomic E-state index is 0.112. The zero-order valence-corrected chi connectivity index (χ0v) is 19.0. The molecule has 3 aromatic rings. The molecule has 1 aliphatic heterocycles. The zero-order chi connectivity index (χ0) is 23.3. The minimum Gasteiger partial charge on any atom is -0.476 e. The SMILES string of the molecule is Cc1cc([C@@H](C)Nc2ccc(Cl)nc2C(=O)O)c2nc([C@]34CCOC[C@H]3C4)c(C#N)nc2c1. The molecule has 1 aliphatic carbocycles. The van der Waals surface area contributed by atoms with Crippen LogP contribution in [0.1, 0.15) is 58.8 Å². The summed E-state index contributed by atoms with van der Waals surface area (Å²) in [5.41, 5.74) is 4.40. The van der Waals surface area contributed by atoms with Gasteiger partial charge in [-0.15, -0.1) is 0 Å². The van der Waals surface area contributed by atoms with Crippen LogP contribution < -0.4 is 5.32 Å². The van der Waals surface area contributed by atoms with Crippen molar-refractivity contribution in [1.82, 2.24) is 15.0 Å². The third-order valence-electron chi connectivity index (χ3n) is 6.67. The third-order valence-corrected chi connectivity index (χ3v) is 6.88. The number of carbonyl (C=O) groups is 1. The van der Waals surface area contributed by atoms with Crippen LogP contribution >= 0.6 is 11.6 Å². The summed E-state index contributed by atoms with van der Waals surface area (Å²) in [6, 6.07) is 9.04. The molecule has 3 atom stereocenters. The Hall–Kier alpha value is -3.28. The van der Waals surface area contributed by atoms with E-state index in [1.165, 1.54) is 0 Å². The van der Waals surface area contributed by atoms with Crippen molar-refractivity contribution in [1.29, 1.82) is 5.26 Å². The van der Waals surface area contributed by atoms with Crippen molar-refractivity contribution in [3.05, 3.63) is 57.6 Å². The number of carboxylic acids is 1. The van der Waals surface area contributed by atoms with Crippen LogP contribution in [0.5, 0.6) is 0 Å².